The maximum Gasteiger partial charge on any atom is 0.287 e. The maximum absolute atomic E-state index is 11.8. The summed E-state index contributed by atoms with van der Waals surface area (Å²) in [5.41, 5.74) is 0. The Morgan fingerprint density at radius 3 is 1.14 bits per heavy atom. The van der Waals surface area contributed by atoms with E-state index in [4.69, 9.17) is 9.11 Å². The molecular formula is C12H26O12S4. The summed E-state index contributed by atoms with van der Waals surface area (Å²) >= 11 is 0. The summed E-state index contributed by atoms with van der Waals surface area (Å²) in [6.07, 6.45) is -0.544. The Morgan fingerprint density at radius 2 is 0.929 bits per heavy atom. The Morgan fingerprint density at radius 1 is 0.643 bits per heavy atom. The minimum absolute atomic E-state index is 0.0661. The van der Waals surface area contributed by atoms with E-state index >= 15 is 0 Å². The third kappa shape index (κ3) is 9.43. The molecule has 0 radical (unpaired) electrons. The number of unbranched alkanes of at least 4 members (excludes halogenated alkanes) is 1. The molecule has 0 amide bonds. The lowest BCUT2D eigenvalue weighted by Crippen LogP contribution is -2.32. The fourth-order valence-electron chi connectivity index (χ4n) is 2.06. The van der Waals surface area contributed by atoms with Crippen molar-refractivity contribution in [3.63, 3.8) is 0 Å². The molecule has 0 aliphatic rings. The van der Waals surface area contributed by atoms with Crippen LogP contribution in [0.25, 0.3) is 0 Å². The smallest absolute Gasteiger partial charge is 0.284 e. The van der Waals surface area contributed by atoms with Crippen molar-refractivity contribution in [3.8, 4) is 0 Å². The first-order valence-electron chi connectivity index (χ1n) is 8.28. The van der Waals surface area contributed by atoms with Crippen molar-refractivity contribution in [2.75, 3.05) is 13.2 Å². The zero-order valence-corrected chi connectivity index (χ0v) is 18.7. The van der Waals surface area contributed by atoms with Crippen molar-refractivity contribution in [1.29, 1.82) is 0 Å². The van der Waals surface area contributed by atoms with Crippen molar-refractivity contribution < 1.29 is 51.1 Å². The van der Waals surface area contributed by atoms with Gasteiger partial charge in [-0.2, -0.15) is 33.7 Å². The average molecular weight is 491 g/mol. The molecule has 16 heteroatoms. The summed E-state index contributed by atoms with van der Waals surface area (Å²) in [4.78, 5) is 0. The molecule has 0 fully saturated rings. The monoisotopic (exact) mass is 490 g/mol. The van der Waals surface area contributed by atoms with Gasteiger partial charge in [0.15, 0.2) is 0 Å². The molecule has 0 saturated carbocycles. The van der Waals surface area contributed by atoms with Crippen LogP contribution in [-0.4, -0.2) is 65.2 Å². The van der Waals surface area contributed by atoms with E-state index in [-0.39, 0.29) is 38.5 Å². The molecule has 0 aliphatic heterocycles. The van der Waals surface area contributed by atoms with Gasteiger partial charge in [0.2, 0.25) is 9.16 Å². The van der Waals surface area contributed by atoms with Crippen LogP contribution in [0.4, 0.5) is 0 Å². The Kier molecular flexibility index (Phi) is 11.0. The highest BCUT2D eigenvalue weighted by Gasteiger charge is 2.38. The van der Waals surface area contributed by atoms with E-state index in [1.165, 1.54) is 13.8 Å². The van der Waals surface area contributed by atoms with Crippen molar-refractivity contribution in [1.82, 2.24) is 0 Å². The molecule has 0 spiro atoms. The fraction of sp³-hybridized carbons (Fsp3) is 1.00. The Labute approximate surface area is 166 Å². The largest absolute Gasteiger partial charge is 0.287 e. The van der Waals surface area contributed by atoms with Gasteiger partial charge in [-0.1, -0.05) is 26.7 Å². The Hall–Kier alpha value is -0.360. The van der Waals surface area contributed by atoms with E-state index in [0.717, 1.165) is 0 Å². The van der Waals surface area contributed by atoms with E-state index in [1.807, 2.05) is 0 Å². The lowest BCUT2D eigenvalue weighted by Gasteiger charge is -2.15. The van der Waals surface area contributed by atoms with Gasteiger partial charge < -0.3 is 0 Å². The standard InChI is InChI=1S/C12H26O12S4/c1-3-7-11(25(13,14)15)27(19,20)23-9-5-6-10-24-28(21,22)12(8-4-2)26(16,17)18/h11-12H,3-10H2,1-2H3,(H,13,14,15)(H,16,17,18). The molecule has 0 heterocycles. The van der Waals surface area contributed by atoms with Crippen LogP contribution in [0.1, 0.15) is 52.4 Å². The van der Waals surface area contributed by atoms with Crippen LogP contribution in [-0.2, 0) is 48.8 Å². The van der Waals surface area contributed by atoms with Gasteiger partial charge in [0, 0.05) is 0 Å². The van der Waals surface area contributed by atoms with Gasteiger partial charge in [-0.15, -0.1) is 0 Å². The highest BCUT2D eigenvalue weighted by atomic mass is 32.3. The summed E-state index contributed by atoms with van der Waals surface area (Å²) in [7, 11) is -19.0. The molecule has 0 saturated heterocycles. The van der Waals surface area contributed by atoms with Crippen LogP contribution in [0.15, 0.2) is 0 Å². The predicted octanol–water partition coefficient (Wildman–Crippen LogP) is 0.487. The van der Waals surface area contributed by atoms with E-state index < -0.39 is 62.9 Å². The molecule has 2 atom stereocenters. The van der Waals surface area contributed by atoms with Crippen LogP contribution >= 0.6 is 0 Å². The normalized spacial score (nSPS) is 16.0. The third-order valence-electron chi connectivity index (χ3n) is 3.39. The topological polar surface area (TPSA) is 195 Å². The molecule has 0 aromatic rings. The van der Waals surface area contributed by atoms with Gasteiger partial charge in [-0.25, -0.2) is 0 Å². The van der Waals surface area contributed by atoms with Crippen molar-refractivity contribution in [2.24, 2.45) is 0 Å². The predicted molar refractivity (Wildman–Crippen MR) is 99.5 cm³/mol. The molecule has 0 aromatic heterocycles. The highest BCUT2D eigenvalue weighted by molar-refractivity contribution is 8.04. The lowest BCUT2D eigenvalue weighted by atomic mass is 10.3. The molecule has 0 bridgehead atoms. The lowest BCUT2D eigenvalue weighted by molar-refractivity contribution is 0.267. The van der Waals surface area contributed by atoms with E-state index in [2.05, 4.69) is 8.37 Å². The Bertz CT molecular complexity index is 810. The third-order valence-corrected chi connectivity index (χ3v) is 10.8. The van der Waals surface area contributed by atoms with Gasteiger partial charge in [0.05, 0.1) is 13.2 Å². The Balaban J connectivity index is 4.65. The molecule has 12 nitrogen and oxygen atoms in total. The summed E-state index contributed by atoms with van der Waals surface area (Å²) < 4.78 is 115. The summed E-state index contributed by atoms with van der Waals surface area (Å²) in [6.45, 7) is 2.03. The molecule has 0 aromatic carbocycles. The summed E-state index contributed by atoms with van der Waals surface area (Å²) in [6, 6.07) is 0. The number of hydrogen-bond acceptors (Lipinski definition) is 10. The zero-order valence-electron chi connectivity index (χ0n) is 15.4. The van der Waals surface area contributed by atoms with Crippen LogP contribution in [0, 0.1) is 0 Å². The van der Waals surface area contributed by atoms with Crippen molar-refractivity contribution >= 4 is 40.5 Å². The van der Waals surface area contributed by atoms with Crippen LogP contribution in [0.3, 0.4) is 0 Å². The van der Waals surface area contributed by atoms with Gasteiger partial charge >= 0.3 is 0 Å². The second-order valence-electron chi connectivity index (χ2n) is 5.80. The second kappa shape index (κ2) is 11.1. The average Bonchev–Trinajstić information content (AvgIpc) is 2.50. The van der Waals surface area contributed by atoms with E-state index in [9.17, 15) is 33.7 Å². The van der Waals surface area contributed by atoms with Gasteiger partial charge in [-0.3, -0.25) is 17.5 Å². The van der Waals surface area contributed by atoms with Crippen LogP contribution < -0.4 is 0 Å². The highest BCUT2D eigenvalue weighted by Crippen LogP contribution is 2.18. The first-order chi connectivity index (χ1) is 12.6. The minimum atomic E-state index is -4.88. The maximum atomic E-state index is 11.8. The second-order valence-corrected chi connectivity index (χ2v) is 13.2. The fourth-order valence-corrected chi connectivity index (χ4v) is 7.90. The number of rotatable bonds is 15. The number of hydrogen-bond donors (Lipinski definition) is 2. The van der Waals surface area contributed by atoms with Crippen LogP contribution in [0.2, 0.25) is 0 Å². The zero-order chi connectivity index (χ0) is 22.2. The van der Waals surface area contributed by atoms with Crippen molar-refractivity contribution in [2.45, 2.75) is 61.5 Å². The van der Waals surface area contributed by atoms with Gasteiger partial charge in [0.1, 0.15) is 0 Å². The molecular weight excluding hydrogens is 464 g/mol. The van der Waals surface area contributed by atoms with Crippen molar-refractivity contribution in [3.05, 3.63) is 0 Å². The van der Waals surface area contributed by atoms with Gasteiger partial charge in [0.25, 0.3) is 40.5 Å². The minimum Gasteiger partial charge on any atom is -0.284 e. The molecule has 28 heavy (non-hydrogen) atoms. The summed E-state index contributed by atoms with van der Waals surface area (Å²) in [5, 5.41) is 0. The van der Waals surface area contributed by atoms with Gasteiger partial charge in [-0.05, 0) is 25.7 Å². The quantitative estimate of drug-likeness (QED) is 0.183. The van der Waals surface area contributed by atoms with Crippen LogP contribution in [0.5, 0.6) is 0 Å². The first kappa shape index (κ1) is 27.6. The summed E-state index contributed by atoms with van der Waals surface area (Å²) in [5.74, 6) is 0. The SMILES string of the molecule is CCCC(S(=O)(=O)O)S(=O)(=O)OCCCCOS(=O)(=O)C(CCC)S(=O)(=O)O. The molecule has 2 N–H and O–H groups in total. The first-order valence-corrected chi connectivity index (χ1v) is 14.2. The molecule has 0 rings (SSSR count). The van der Waals surface area contributed by atoms with E-state index in [1.54, 1.807) is 0 Å². The molecule has 2 unspecified atom stereocenters. The molecule has 0 aliphatic carbocycles. The molecule has 170 valence electrons. The van der Waals surface area contributed by atoms with E-state index in [0.29, 0.717) is 0 Å².